The maximum atomic E-state index is 13.4. The van der Waals surface area contributed by atoms with Crippen molar-refractivity contribution in [1.82, 2.24) is 9.55 Å². The van der Waals surface area contributed by atoms with Gasteiger partial charge in [0.25, 0.3) is 0 Å². The molecule has 1 aliphatic rings. The monoisotopic (exact) mass is 322 g/mol. The van der Waals surface area contributed by atoms with Crippen LogP contribution in [0, 0.1) is 11.6 Å². The number of hydrogen-bond donors (Lipinski definition) is 0. The van der Waals surface area contributed by atoms with Crippen molar-refractivity contribution in [1.29, 1.82) is 0 Å². The Labute approximate surface area is 128 Å². The summed E-state index contributed by atoms with van der Waals surface area (Å²) in [5, 5.41) is 0.451. The van der Waals surface area contributed by atoms with Crippen LogP contribution in [-0.4, -0.2) is 16.3 Å². The Bertz CT molecular complexity index is 895. The molecule has 4 nitrogen and oxygen atoms in total. The largest absolute Gasteiger partial charge is 0.454 e. The fourth-order valence-electron chi connectivity index (χ4n) is 2.49. The van der Waals surface area contributed by atoms with Crippen molar-refractivity contribution in [2.45, 2.75) is 6.54 Å². The molecule has 2 aromatic carbocycles. The molecule has 112 valence electrons. The lowest BCUT2D eigenvalue weighted by molar-refractivity contribution is 0.174. The third-order valence-corrected chi connectivity index (χ3v) is 3.78. The molecule has 22 heavy (non-hydrogen) atoms. The molecule has 2 heterocycles. The molecule has 1 aromatic heterocycles. The number of imidazole rings is 1. The number of hydrogen-bond acceptors (Lipinski definition) is 3. The van der Waals surface area contributed by atoms with Crippen molar-refractivity contribution in [3.63, 3.8) is 0 Å². The van der Waals surface area contributed by atoms with Gasteiger partial charge in [0.15, 0.2) is 23.1 Å². The summed E-state index contributed by atoms with van der Waals surface area (Å²) in [5.41, 5.74) is 1.75. The zero-order valence-electron chi connectivity index (χ0n) is 11.1. The molecule has 0 aliphatic carbocycles. The molecule has 0 atom stereocenters. The van der Waals surface area contributed by atoms with Crippen LogP contribution in [0.4, 0.5) is 8.78 Å². The van der Waals surface area contributed by atoms with E-state index >= 15 is 0 Å². The first kappa shape index (κ1) is 13.3. The Kier molecular flexibility index (Phi) is 2.94. The highest BCUT2D eigenvalue weighted by atomic mass is 35.5. The zero-order valence-corrected chi connectivity index (χ0v) is 11.9. The molecule has 1 aliphatic heterocycles. The molecule has 0 N–H and O–H groups in total. The van der Waals surface area contributed by atoms with Gasteiger partial charge in [-0.3, -0.25) is 0 Å². The van der Waals surface area contributed by atoms with Crippen LogP contribution in [0.2, 0.25) is 5.02 Å². The molecule has 0 spiro atoms. The summed E-state index contributed by atoms with van der Waals surface area (Å²) >= 11 is 6.14. The van der Waals surface area contributed by atoms with Gasteiger partial charge in [-0.05, 0) is 17.7 Å². The van der Waals surface area contributed by atoms with Crippen LogP contribution in [0.5, 0.6) is 11.5 Å². The standard InChI is InChI=1S/C15H9ClF2N2O2/c16-9-1-8(2-14-15(9)22-7-21-14)5-20-6-19-12-3-10(17)11(18)4-13(12)20/h1-4,6H,5,7H2. The summed E-state index contributed by atoms with van der Waals surface area (Å²) in [6, 6.07) is 5.76. The van der Waals surface area contributed by atoms with Gasteiger partial charge in [-0.15, -0.1) is 0 Å². The third-order valence-electron chi connectivity index (χ3n) is 3.50. The van der Waals surface area contributed by atoms with Gasteiger partial charge >= 0.3 is 0 Å². The lowest BCUT2D eigenvalue weighted by atomic mass is 10.2. The number of fused-ring (bicyclic) bond motifs is 2. The van der Waals surface area contributed by atoms with E-state index in [-0.39, 0.29) is 6.79 Å². The molecule has 3 aromatic rings. The van der Waals surface area contributed by atoms with E-state index in [0.717, 1.165) is 17.7 Å². The lowest BCUT2D eigenvalue weighted by Crippen LogP contribution is -1.99. The fraction of sp³-hybridized carbons (Fsp3) is 0.133. The Morgan fingerprint density at radius 2 is 1.95 bits per heavy atom. The van der Waals surface area contributed by atoms with Crippen molar-refractivity contribution < 1.29 is 18.3 Å². The molecule has 0 saturated carbocycles. The minimum atomic E-state index is -0.913. The van der Waals surface area contributed by atoms with Crippen molar-refractivity contribution >= 4 is 22.6 Å². The van der Waals surface area contributed by atoms with E-state index in [4.69, 9.17) is 21.1 Å². The highest BCUT2D eigenvalue weighted by Crippen LogP contribution is 2.40. The van der Waals surface area contributed by atoms with E-state index in [1.807, 2.05) is 0 Å². The highest BCUT2D eigenvalue weighted by Gasteiger charge is 2.18. The van der Waals surface area contributed by atoms with Gasteiger partial charge in [0.05, 0.1) is 22.4 Å². The van der Waals surface area contributed by atoms with Crippen LogP contribution < -0.4 is 9.47 Å². The van der Waals surface area contributed by atoms with Crippen LogP contribution in [0.3, 0.4) is 0 Å². The van der Waals surface area contributed by atoms with E-state index < -0.39 is 11.6 Å². The van der Waals surface area contributed by atoms with E-state index in [1.54, 1.807) is 16.7 Å². The average molecular weight is 323 g/mol. The van der Waals surface area contributed by atoms with E-state index in [0.29, 0.717) is 34.1 Å². The maximum Gasteiger partial charge on any atom is 0.231 e. The first-order valence-electron chi connectivity index (χ1n) is 6.50. The van der Waals surface area contributed by atoms with Gasteiger partial charge in [0, 0.05) is 18.7 Å². The van der Waals surface area contributed by atoms with Gasteiger partial charge in [0.1, 0.15) is 0 Å². The maximum absolute atomic E-state index is 13.4. The number of aromatic nitrogens is 2. The molecule has 4 rings (SSSR count). The van der Waals surface area contributed by atoms with Crippen molar-refractivity contribution in [3.8, 4) is 11.5 Å². The lowest BCUT2D eigenvalue weighted by Gasteiger charge is -2.07. The molecular formula is C15H9ClF2N2O2. The third kappa shape index (κ3) is 2.07. The molecule has 0 bridgehead atoms. The van der Waals surface area contributed by atoms with E-state index in [9.17, 15) is 8.78 Å². The summed E-state index contributed by atoms with van der Waals surface area (Å²) in [6.07, 6.45) is 1.53. The SMILES string of the molecule is Fc1cc2ncn(Cc3cc(Cl)c4c(c3)OCO4)c2cc1F. The first-order valence-corrected chi connectivity index (χ1v) is 6.87. The Balaban J connectivity index is 1.75. The zero-order chi connectivity index (χ0) is 15.3. The quantitative estimate of drug-likeness (QED) is 0.721. The Morgan fingerprint density at radius 3 is 2.82 bits per heavy atom. The average Bonchev–Trinajstić information content (AvgIpc) is 3.08. The molecule has 0 amide bonds. The molecular weight excluding hydrogens is 314 g/mol. The van der Waals surface area contributed by atoms with Crippen molar-refractivity contribution in [2.24, 2.45) is 0 Å². The van der Waals surface area contributed by atoms with Gasteiger partial charge in [0.2, 0.25) is 6.79 Å². The summed E-state index contributed by atoms with van der Waals surface area (Å²) in [4.78, 5) is 4.08. The number of ether oxygens (including phenoxy) is 2. The van der Waals surface area contributed by atoms with Crippen LogP contribution in [0.15, 0.2) is 30.6 Å². The smallest absolute Gasteiger partial charge is 0.231 e. The second-order valence-electron chi connectivity index (χ2n) is 4.94. The summed E-state index contributed by atoms with van der Waals surface area (Å²) in [6.45, 7) is 0.537. The second-order valence-corrected chi connectivity index (χ2v) is 5.35. The minimum Gasteiger partial charge on any atom is -0.454 e. The molecule has 0 unspecified atom stereocenters. The van der Waals surface area contributed by atoms with Gasteiger partial charge in [-0.1, -0.05) is 11.6 Å². The summed E-state index contributed by atoms with van der Waals surface area (Å²) in [5.74, 6) is -0.722. The highest BCUT2D eigenvalue weighted by molar-refractivity contribution is 6.32. The molecule has 0 fully saturated rings. The summed E-state index contributed by atoms with van der Waals surface area (Å²) in [7, 11) is 0. The Hall–Kier alpha value is -2.34. The number of halogens is 3. The topological polar surface area (TPSA) is 36.3 Å². The summed E-state index contributed by atoms with van der Waals surface area (Å²) < 4.78 is 38.9. The van der Waals surface area contributed by atoms with Crippen molar-refractivity contribution in [3.05, 3.63) is 52.8 Å². The molecule has 7 heteroatoms. The van der Waals surface area contributed by atoms with Crippen LogP contribution in [0.25, 0.3) is 11.0 Å². The predicted molar refractivity (Wildman–Crippen MR) is 76.3 cm³/mol. The first-order chi connectivity index (χ1) is 10.6. The van der Waals surface area contributed by atoms with Crippen molar-refractivity contribution in [2.75, 3.05) is 6.79 Å². The number of nitrogens with zero attached hydrogens (tertiary/aromatic N) is 2. The van der Waals surface area contributed by atoms with Gasteiger partial charge in [-0.25, -0.2) is 13.8 Å². The Morgan fingerprint density at radius 1 is 1.14 bits per heavy atom. The van der Waals surface area contributed by atoms with Crippen LogP contribution in [-0.2, 0) is 6.54 Å². The normalized spacial score (nSPS) is 13.0. The van der Waals surface area contributed by atoms with Gasteiger partial charge < -0.3 is 14.0 Å². The minimum absolute atomic E-state index is 0.136. The molecule has 0 radical (unpaired) electrons. The number of rotatable bonds is 2. The predicted octanol–water partition coefficient (Wildman–Crippen LogP) is 3.74. The molecule has 0 saturated heterocycles. The van der Waals surface area contributed by atoms with Crippen LogP contribution >= 0.6 is 11.6 Å². The second kappa shape index (κ2) is 4.84. The van der Waals surface area contributed by atoms with E-state index in [1.165, 1.54) is 6.33 Å². The van der Waals surface area contributed by atoms with E-state index in [2.05, 4.69) is 4.98 Å². The fourth-order valence-corrected chi connectivity index (χ4v) is 2.78. The van der Waals surface area contributed by atoms with Crippen LogP contribution in [0.1, 0.15) is 5.56 Å². The number of benzene rings is 2. The van der Waals surface area contributed by atoms with Gasteiger partial charge in [-0.2, -0.15) is 0 Å².